The summed E-state index contributed by atoms with van der Waals surface area (Å²) >= 11 is 1.49. The number of hydrogen-bond donors (Lipinski definition) is 0. The number of unbranched alkanes of at least 4 members (excludes halogenated alkanes) is 1. The number of carbonyl (C=O) groups excluding carboxylic acids is 1. The van der Waals surface area contributed by atoms with Crippen LogP contribution in [0.2, 0.25) is 0 Å². The topological polar surface area (TPSA) is 42.4 Å². The lowest BCUT2D eigenvalue weighted by atomic mass is 10.1. The number of thiazole rings is 1. The van der Waals surface area contributed by atoms with Crippen molar-refractivity contribution in [2.45, 2.75) is 32.3 Å². The minimum atomic E-state index is 0.136. The Labute approximate surface area is 99.2 Å². The van der Waals surface area contributed by atoms with Crippen LogP contribution in [0.5, 0.6) is 5.19 Å². The Hall–Kier alpha value is -1.10. The van der Waals surface area contributed by atoms with Gasteiger partial charge in [-0.05, 0) is 6.42 Å². The molecule has 4 nitrogen and oxygen atoms in total. The van der Waals surface area contributed by atoms with Crippen molar-refractivity contribution in [2.24, 2.45) is 0 Å². The third kappa shape index (κ3) is 2.72. The summed E-state index contributed by atoms with van der Waals surface area (Å²) in [5.41, 5.74) is 0. The van der Waals surface area contributed by atoms with Crippen LogP contribution in [0, 0.1) is 0 Å². The Kier molecular flexibility index (Phi) is 3.77. The van der Waals surface area contributed by atoms with Gasteiger partial charge in [-0.2, -0.15) is 0 Å². The number of rotatable bonds is 5. The lowest BCUT2D eigenvalue weighted by Gasteiger charge is -2.38. The number of amides is 1. The molecule has 1 aliphatic rings. The number of likely N-dealkylation sites (tertiary alicyclic amines) is 1. The van der Waals surface area contributed by atoms with Crippen molar-refractivity contribution in [1.29, 1.82) is 0 Å². The molecule has 0 aliphatic carbocycles. The second-order valence-corrected chi connectivity index (χ2v) is 4.80. The van der Waals surface area contributed by atoms with Gasteiger partial charge in [0, 0.05) is 18.0 Å². The van der Waals surface area contributed by atoms with Crippen LogP contribution in [0.3, 0.4) is 0 Å². The minimum absolute atomic E-state index is 0.136. The van der Waals surface area contributed by atoms with E-state index in [1.807, 2.05) is 10.3 Å². The van der Waals surface area contributed by atoms with Gasteiger partial charge in [0.2, 0.25) is 5.91 Å². The van der Waals surface area contributed by atoms with Crippen LogP contribution in [0.15, 0.2) is 11.6 Å². The zero-order valence-electron chi connectivity index (χ0n) is 9.39. The summed E-state index contributed by atoms with van der Waals surface area (Å²) in [6, 6.07) is 0. The molecule has 0 aromatic carbocycles. The number of hydrogen-bond acceptors (Lipinski definition) is 4. The molecule has 1 aromatic rings. The minimum Gasteiger partial charge on any atom is -0.463 e. The quantitative estimate of drug-likeness (QED) is 0.789. The molecule has 0 N–H and O–H groups in total. The van der Waals surface area contributed by atoms with Gasteiger partial charge in [-0.1, -0.05) is 24.7 Å². The average molecular weight is 240 g/mol. The Morgan fingerprint density at radius 2 is 2.50 bits per heavy atom. The second-order valence-electron chi connectivity index (χ2n) is 3.94. The van der Waals surface area contributed by atoms with Gasteiger partial charge in [0.15, 0.2) is 0 Å². The van der Waals surface area contributed by atoms with Crippen molar-refractivity contribution in [3.05, 3.63) is 11.6 Å². The van der Waals surface area contributed by atoms with E-state index >= 15 is 0 Å². The normalized spacial score (nSPS) is 15.9. The Balaban J connectivity index is 1.67. The van der Waals surface area contributed by atoms with E-state index in [1.165, 1.54) is 11.3 Å². The molecule has 0 saturated carbocycles. The van der Waals surface area contributed by atoms with E-state index < -0.39 is 0 Å². The van der Waals surface area contributed by atoms with Crippen molar-refractivity contribution < 1.29 is 9.53 Å². The number of ether oxygens (including phenoxy) is 1. The lowest BCUT2D eigenvalue weighted by molar-refractivity contribution is -0.140. The first-order chi connectivity index (χ1) is 7.79. The molecule has 16 heavy (non-hydrogen) atoms. The maximum Gasteiger partial charge on any atom is 0.273 e. The van der Waals surface area contributed by atoms with E-state index in [-0.39, 0.29) is 12.0 Å². The first-order valence-corrected chi connectivity index (χ1v) is 6.51. The third-order valence-corrected chi connectivity index (χ3v) is 3.28. The monoisotopic (exact) mass is 240 g/mol. The predicted octanol–water partition coefficient (Wildman–Crippen LogP) is 1.92. The summed E-state index contributed by atoms with van der Waals surface area (Å²) in [5.74, 6) is 0.251. The standard InChI is InChI=1S/C11H16N2O2S/c1-2-3-4-10(14)13-7-9(8-13)15-11-12-5-6-16-11/h5-6,9H,2-4,7-8H2,1H3. The number of aromatic nitrogens is 1. The molecule has 1 amide bonds. The summed E-state index contributed by atoms with van der Waals surface area (Å²) in [6.45, 7) is 3.52. The fourth-order valence-electron chi connectivity index (χ4n) is 1.61. The molecule has 0 atom stereocenters. The molecular weight excluding hydrogens is 224 g/mol. The maximum absolute atomic E-state index is 11.6. The van der Waals surface area contributed by atoms with Gasteiger partial charge >= 0.3 is 0 Å². The highest BCUT2D eigenvalue weighted by atomic mass is 32.1. The second kappa shape index (κ2) is 5.30. The highest BCUT2D eigenvalue weighted by Gasteiger charge is 2.32. The molecule has 2 heterocycles. The molecule has 88 valence electrons. The first-order valence-electron chi connectivity index (χ1n) is 5.63. The molecule has 0 spiro atoms. The lowest BCUT2D eigenvalue weighted by Crippen LogP contribution is -2.56. The van der Waals surface area contributed by atoms with Gasteiger partial charge in [0.25, 0.3) is 5.19 Å². The van der Waals surface area contributed by atoms with Gasteiger partial charge in [-0.15, -0.1) is 0 Å². The summed E-state index contributed by atoms with van der Waals surface area (Å²) in [4.78, 5) is 17.5. The van der Waals surface area contributed by atoms with Gasteiger partial charge in [0.1, 0.15) is 6.10 Å². The van der Waals surface area contributed by atoms with E-state index in [9.17, 15) is 4.79 Å². The highest BCUT2D eigenvalue weighted by Crippen LogP contribution is 2.20. The maximum atomic E-state index is 11.6. The van der Waals surface area contributed by atoms with Crippen LogP contribution in [0.4, 0.5) is 0 Å². The van der Waals surface area contributed by atoms with Gasteiger partial charge < -0.3 is 9.64 Å². The van der Waals surface area contributed by atoms with Crippen molar-refractivity contribution in [1.82, 2.24) is 9.88 Å². The van der Waals surface area contributed by atoms with Crippen molar-refractivity contribution >= 4 is 17.2 Å². The van der Waals surface area contributed by atoms with E-state index in [2.05, 4.69) is 11.9 Å². The predicted molar refractivity (Wildman–Crippen MR) is 62.6 cm³/mol. The summed E-state index contributed by atoms with van der Waals surface area (Å²) in [5, 5.41) is 2.59. The molecule has 0 radical (unpaired) electrons. The number of nitrogens with zero attached hydrogens (tertiary/aromatic N) is 2. The van der Waals surface area contributed by atoms with Crippen LogP contribution in [-0.4, -0.2) is 35.0 Å². The molecule has 5 heteroatoms. The Bertz CT molecular complexity index is 334. The average Bonchev–Trinajstić information content (AvgIpc) is 2.72. The zero-order valence-corrected chi connectivity index (χ0v) is 10.2. The third-order valence-electron chi connectivity index (χ3n) is 2.62. The van der Waals surface area contributed by atoms with Gasteiger partial charge in [0.05, 0.1) is 13.1 Å². The van der Waals surface area contributed by atoms with Crippen molar-refractivity contribution in [3.63, 3.8) is 0 Å². The first kappa shape index (κ1) is 11.4. The molecule has 0 unspecified atom stereocenters. The molecular formula is C11H16N2O2S. The largest absolute Gasteiger partial charge is 0.463 e. The Morgan fingerprint density at radius 1 is 1.69 bits per heavy atom. The van der Waals surface area contributed by atoms with Gasteiger partial charge in [-0.3, -0.25) is 4.79 Å². The highest BCUT2D eigenvalue weighted by molar-refractivity contribution is 7.11. The molecule has 1 saturated heterocycles. The smallest absolute Gasteiger partial charge is 0.273 e. The molecule has 1 aromatic heterocycles. The van der Waals surface area contributed by atoms with Crippen molar-refractivity contribution in [2.75, 3.05) is 13.1 Å². The molecule has 1 aliphatic heterocycles. The van der Waals surface area contributed by atoms with E-state index in [0.717, 1.165) is 12.8 Å². The van der Waals surface area contributed by atoms with Crippen LogP contribution in [-0.2, 0) is 4.79 Å². The van der Waals surface area contributed by atoms with Crippen LogP contribution < -0.4 is 4.74 Å². The van der Waals surface area contributed by atoms with Crippen LogP contribution in [0.1, 0.15) is 26.2 Å². The molecule has 0 bridgehead atoms. The fraction of sp³-hybridized carbons (Fsp3) is 0.636. The van der Waals surface area contributed by atoms with Crippen LogP contribution >= 0.6 is 11.3 Å². The fourth-order valence-corrected chi connectivity index (χ4v) is 2.17. The zero-order chi connectivity index (χ0) is 11.4. The van der Waals surface area contributed by atoms with E-state index in [1.54, 1.807) is 6.20 Å². The van der Waals surface area contributed by atoms with E-state index in [4.69, 9.17) is 4.74 Å². The van der Waals surface area contributed by atoms with Crippen molar-refractivity contribution in [3.8, 4) is 5.19 Å². The molecule has 1 fully saturated rings. The summed E-state index contributed by atoms with van der Waals surface area (Å²) in [7, 11) is 0. The van der Waals surface area contributed by atoms with Crippen LogP contribution in [0.25, 0.3) is 0 Å². The summed E-state index contributed by atoms with van der Waals surface area (Å²) < 4.78 is 5.59. The number of carbonyl (C=O) groups is 1. The van der Waals surface area contributed by atoms with Gasteiger partial charge in [-0.25, -0.2) is 4.98 Å². The summed E-state index contributed by atoms with van der Waals surface area (Å²) in [6.07, 6.45) is 4.58. The SMILES string of the molecule is CCCCC(=O)N1CC(Oc2nccs2)C1. The Morgan fingerprint density at radius 3 is 3.12 bits per heavy atom. The molecule has 2 rings (SSSR count). The van der Waals surface area contributed by atoms with E-state index in [0.29, 0.717) is 24.7 Å².